The number of hydrogen-bond acceptors (Lipinski definition) is 6. The van der Waals surface area contributed by atoms with Crippen molar-refractivity contribution in [3.63, 3.8) is 0 Å². The van der Waals surface area contributed by atoms with Gasteiger partial charge in [-0.3, -0.25) is 15.0 Å². The molecule has 1 aromatic carbocycles. The molecular formula is C15H18N4O2S. The summed E-state index contributed by atoms with van der Waals surface area (Å²) >= 11 is 1.31. The number of morpholine rings is 1. The molecule has 0 spiro atoms. The molecule has 2 unspecified atom stereocenters. The van der Waals surface area contributed by atoms with Gasteiger partial charge in [-0.2, -0.15) is 0 Å². The van der Waals surface area contributed by atoms with Crippen LogP contribution >= 0.6 is 11.3 Å². The maximum Gasteiger partial charge on any atom is 0.240 e. The van der Waals surface area contributed by atoms with E-state index in [9.17, 15) is 4.79 Å². The van der Waals surface area contributed by atoms with Crippen molar-refractivity contribution >= 4 is 22.4 Å². The number of rotatable bonds is 4. The topological polar surface area (TPSA) is 67.4 Å². The van der Waals surface area contributed by atoms with Crippen molar-refractivity contribution < 1.29 is 9.53 Å². The summed E-state index contributed by atoms with van der Waals surface area (Å²) in [4.78, 5) is 14.4. The quantitative estimate of drug-likeness (QED) is 0.933. The van der Waals surface area contributed by atoms with E-state index < -0.39 is 0 Å². The molecule has 6 nitrogen and oxygen atoms in total. The van der Waals surface area contributed by atoms with Crippen molar-refractivity contribution in [2.24, 2.45) is 0 Å². The Labute approximate surface area is 133 Å². The van der Waals surface area contributed by atoms with Crippen LogP contribution in [0.2, 0.25) is 0 Å². The van der Waals surface area contributed by atoms with Crippen LogP contribution in [0.4, 0.5) is 5.13 Å². The number of anilines is 1. The number of carbonyl (C=O) groups excluding carboxylic acids is 1. The normalized spacial score (nSPS) is 22.4. The fourth-order valence-electron chi connectivity index (χ4n) is 2.60. The van der Waals surface area contributed by atoms with Crippen molar-refractivity contribution in [1.82, 2.24) is 15.1 Å². The van der Waals surface area contributed by atoms with E-state index in [0.717, 1.165) is 12.1 Å². The second-order valence-corrected chi connectivity index (χ2v) is 6.13. The molecule has 1 aliphatic heterocycles. The minimum absolute atomic E-state index is 0.0771. The summed E-state index contributed by atoms with van der Waals surface area (Å²) in [6.45, 7) is 3.66. The third kappa shape index (κ3) is 3.68. The Morgan fingerprint density at radius 3 is 3.00 bits per heavy atom. The third-order valence-corrected chi connectivity index (χ3v) is 4.22. The molecule has 0 bridgehead atoms. The summed E-state index contributed by atoms with van der Waals surface area (Å²) < 4.78 is 5.77. The molecule has 2 aromatic rings. The van der Waals surface area contributed by atoms with Gasteiger partial charge in [-0.1, -0.05) is 41.7 Å². The molecule has 116 valence electrons. The highest BCUT2D eigenvalue weighted by molar-refractivity contribution is 7.13. The van der Waals surface area contributed by atoms with Gasteiger partial charge in [-0.15, -0.1) is 10.2 Å². The van der Waals surface area contributed by atoms with E-state index in [1.165, 1.54) is 11.3 Å². The van der Waals surface area contributed by atoms with Gasteiger partial charge in [0.25, 0.3) is 0 Å². The van der Waals surface area contributed by atoms with Gasteiger partial charge >= 0.3 is 0 Å². The molecule has 1 aliphatic rings. The minimum atomic E-state index is -0.0771. The first kappa shape index (κ1) is 15.1. The lowest BCUT2D eigenvalue weighted by molar-refractivity contribution is -0.121. The Bertz CT molecular complexity index is 605. The van der Waals surface area contributed by atoms with Gasteiger partial charge in [0.15, 0.2) is 0 Å². The lowest BCUT2D eigenvalue weighted by Crippen LogP contribution is -2.46. The molecule has 1 aromatic heterocycles. The van der Waals surface area contributed by atoms with Gasteiger partial charge in [0, 0.05) is 6.54 Å². The molecule has 2 atom stereocenters. The van der Waals surface area contributed by atoms with Crippen LogP contribution in [0.1, 0.15) is 18.5 Å². The highest BCUT2D eigenvalue weighted by Gasteiger charge is 2.29. The Morgan fingerprint density at radius 1 is 1.45 bits per heavy atom. The van der Waals surface area contributed by atoms with Crippen LogP contribution in [0, 0.1) is 0 Å². The van der Waals surface area contributed by atoms with Crippen LogP contribution < -0.4 is 5.32 Å². The molecule has 3 rings (SSSR count). The lowest BCUT2D eigenvalue weighted by Gasteiger charge is -2.38. The Kier molecular flexibility index (Phi) is 4.77. The first-order valence-corrected chi connectivity index (χ1v) is 8.07. The molecule has 0 saturated carbocycles. The molecule has 2 heterocycles. The van der Waals surface area contributed by atoms with Crippen LogP contribution in [-0.2, 0) is 9.53 Å². The van der Waals surface area contributed by atoms with Crippen LogP contribution in [0.25, 0.3) is 0 Å². The maximum absolute atomic E-state index is 12.2. The lowest BCUT2D eigenvalue weighted by atomic mass is 10.0. The van der Waals surface area contributed by atoms with Crippen molar-refractivity contribution in [2.75, 3.05) is 25.0 Å². The Balaban J connectivity index is 1.69. The number of nitrogens with zero attached hydrogens (tertiary/aromatic N) is 3. The average molecular weight is 318 g/mol. The monoisotopic (exact) mass is 318 g/mol. The van der Waals surface area contributed by atoms with Gasteiger partial charge in [0.2, 0.25) is 11.0 Å². The highest BCUT2D eigenvalue weighted by Crippen LogP contribution is 2.25. The Hall–Kier alpha value is -1.83. The van der Waals surface area contributed by atoms with Crippen molar-refractivity contribution in [2.45, 2.75) is 19.1 Å². The zero-order chi connectivity index (χ0) is 15.4. The first-order valence-electron chi connectivity index (χ1n) is 7.19. The number of hydrogen-bond donors (Lipinski definition) is 1. The summed E-state index contributed by atoms with van der Waals surface area (Å²) in [6.07, 6.45) is 0.120. The van der Waals surface area contributed by atoms with Gasteiger partial charge in [0.1, 0.15) is 5.51 Å². The fourth-order valence-corrected chi connectivity index (χ4v) is 3.06. The van der Waals surface area contributed by atoms with Crippen molar-refractivity contribution in [3.8, 4) is 0 Å². The van der Waals surface area contributed by atoms with Crippen LogP contribution in [0.3, 0.4) is 0 Å². The third-order valence-electron chi connectivity index (χ3n) is 3.61. The fraction of sp³-hybridized carbons (Fsp3) is 0.400. The highest BCUT2D eigenvalue weighted by atomic mass is 32.1. The Morgan fingerprint density at radius 2 is 2.27 bits per heavy atom. The number of carbonyl (C=O) groups is 1. The number of ether oxygens (including phenoxy) is 1. The number of aromatic nitrogens is 2. The summed E-state index contributed by atoms with van der Waals surface area (Å²) in [5, 5.41) is 10.9. The molecule has 1 amide bonds. The summed E-state index contributed by atoms with van der Waals surface area (Å²) in [6, 6.07) is 10.2. The van der Waals surface area contributed by atoms with E-state index in [1.54, 1.807) is 5.51 Å². The average Bonchev–Trinajstić information content (AvgIpc) is 3.01. The molecule has 7 heteroatoms. The number of benzene rings is 1. The van der Waals surface area contributed by atoms with E-state index in [2.05, 4.69) is 32.5 Å². The SMILES string of the molecule is CC1CN(CC(=O)Nc2nncs2)C(c2ccccc2)CO1. The summed E-state index contributed by atoms with van der Waals surface area (Å²) in [5.74, 6) is -0.0771. The number of amides is 1. The molecule has 1 fully saturated rings. The zero-order valence-corrected chi connectivity index (χ0v) is 13.1. The van der Waals surface area contributed by atoms with Crippen LogP contribution in [0.15, 0.2) is 35.8 Å². The van der Waals surface area contributed by atoms with E-state index in [1.807, 2.05) is 25.1 Å². The molecule has 0 aliphatic carbocycles. The number of nitrogens with one attached hydrogen (secondary N) is 1. The molecule has 1 N–H and O–H groups in total. The second kappa shape index (κ2) is 6.95. The van der Waals surface area contributed by atoms with Crippen LogP contribution in [0.5, 0.6) is 0 Å². The summed E-state index contributed by atoms with van der Waals surface area (Å²) in [7, 11) is 0. The predicted molar refractivity (Wildman–Crippen MR) is 84.7 cm³/mol. The zero-order valence-electron chi connectivity index (χ0n) is 12.3. The van der Waals surface area contributed by atoms with Crippen LogP contribution in [-0.4, -0.2) is 46.8 Å². The van der Waals surface area contributed by atoms with Gasteiger partial charge in [-0.05, 0) is 12.5 Å². The minimum Gasteiger partial charge on any atom is -0.375 e. The van der Waals surface area contributed by atoms with E-state index in [0.29, 0.717) is 18.3 Å². The smallest absolute Gasteiger partial charge is 0.240 e. The van der Waals surface area contributed by atoms with Crippen molar-refractivity contribution in [1.29, 1.82) is 0 Å². The second-order valence-electron chi connectivity index (χ2n) is 5.29. The summed E-state index contributed by atoms with van der Waals surface area (Å²) in [5.41, 5.74) is 2.76. The van der Waals surface area contributed by atoms with E-state index in [4.69, 9.17) is 4.74 Å². The molecular weight excluding hydrogens is 300 g/mol. The van der Waals surface area contributed by atoms with Crippen molar-refractivity contribution in [3.05, 3.63) is 41.4 Å². The molecule has 22 heavy (non-hydrogen) atoms. The van der Waals surface area contributed by atoms with E-state index >= 15 is 0 Å². The first-order chi connectivity index (χ1) is 10.7. The standard InChI is InChI=1S/C15H18N4O2S/c1-11-7-19(8-14(20)17-15-18-16-10-22-15)13(9-21-11)12-5-3-2-4-6-12/h2-6,10-11,13H,7-9H2,1H3,(H,17,18,20). The van der Waals surface area contributed by atoms with Gasteiger partial charge < -0.3 is 4.74 Å². The molecule has 1 saturated heterocycles. The maximum atomic E-state index is 12.2. The van der Waals surface area contributed by atoms with E-state index in [-0.39, 0.29) is 18.1 Å². The largest absolute Gasteiger partial charge is 0.375 e. The van der Waals surface area contributed by atoms with Gasteiger partial charge in [-0.25, -0.2) is 0 Å². The predicted octanol–water partition coefficient (Wildman–Crippen LogP) is 1.94. The van der Waals surface area contributed by atoms with Gasteiger partial charge in [0.05, 0.1) is 25.3 Å². The molecule has 0 radical (unpaired) electrons.